The molecular formula is C23H20BrNO2. The molecule has 0 aromatic heterocycles. The number of nitriles is 1. The maximum atomic E-state index is 12.6. The zero-order valence-electron chi connectivity index (χ0n) is 15.0. The van der Waals surface area contributed by atoms with Crippen molar-refractivity contribution in [1.82, 2.24) is 0 Å². The topological polar surface area (TPSA) is 50.1 Å². The fraction of sp³-hybridized carbons (Fsp3) is 0.304. The molecule has 27 heavy (non-hydrogen) atoms. The van der Waals surface area contributed by atoms with Crippen molar-refractivity contribution in [2.75, 3.05) is 0 Å². The molecule has 0 bridgehead atoms. The normalized spacial score (nSPS) is 25.2. The molecule has 136 valence electrons. The number of nitrogens with zero attached hydrogens (tertiary/aromatic N) is 1. The van der Waals surface area contributed by atoms with Gasteiger partial charge in [0.05, 0.1) is 0 Å². The first-order chi connectivity index (χ1) is 13.1. The van der Waals surface area contributed by atoms with E-state index >= 15 is 0 Å². The summed E-state index contributed by atoms with van der Waals surface area (Å²) in [6, 6.07) is 20.4. The fourth-order valence-corrected chi connectivity index (χ4v) is 4.57. The van der Waals surface area contributed by atoms with Crippen molar-refractivity contribution < 1.29 is 9.53 Å². The summed E-state index contributed by atoms with van der Waals surface area (Å²) in [7, 11) is 0. The number of hydrogen-bond donors (Lipinski definition) is 0. The summed E-state index contributed by atoms with van der Waals surface area (Å²) in [5, 5.41) is 9.51. The van der Waals surface area contributed by atoms with E-state index in [9.17, 15) is 10.1 Å². The smallest absolute Gasteiger partial charge is 0.349 e. The van der Waals surface area contributed by atoms with Crippen molar-refractivity contribution in [3.05, 3.63) is 75.8 Å². The molecule has 0 radical (unpaired) electrons. The van der Waals surface area contributed by atoms with E-state index in [4.69, 9.17) is 4.74 Å². The number of hydrogen-bond acceptors (Lipinski definition) is 3. The highest BCUT2D eigenvalue weighted by molar-refractivity contribution is 9.10. The molecule has 0 amide bonds. The molecule has 4 heteroatoms. The second-order valence-electron chi connectivity index (χ2n) is 7.41. The van der Waals surface area contributed by atoms with E-state index in [1.807, 2.05) is 30.3 Å². The molecule has 2 aromatic rings. The van der Waals surface area contributed by atoms with Crippen LogP contribution in [0.25, 0.3) is 5.57 Å². The van der Waals surface area contributed by atoms with Crippen LogP contribution >= 0.6 is 15.9 Å². The van der Waals surface area contributed by atoms with E-state index in [1.54, 1.807) is 0 Å². The Balaban J connectivity index is 1.59. The van der Waals surface area contributed by atoms with Crippen LogP contribution in [-0.4, -0.2) is 11.6 Å². The van der Waals surface area contributed by atoms with Gasteiger partial charge in [-0.05, 0) is 60.4 Å². The molecule has 4 rings (SSSR count). The fourth-order valence-electron chi connectivity index (χ4n) is 4.31. The summed E-state index contributed by atoms with van der Waals surface area (Å²) in [6.45, 7) is 0. The first-order valence-corrected chi connectivity index (χ1v) is 10.1. The van der Waals surface area contributed by atoms with Gasteiger partial charge in [0.2, 0.25) is 0 Å². The lowest BCUT2D eigenvalue weighted by Gasteiger charge is -2.42. The summed E-state index contributed by atoms with van der Waals surface area (Å²) in [6.07, 6.45) is 4.26. The third kappa shape index (κ3) is 3.57. The summed E-state index contributed by atoms with van der Waals surface area (Å²) in [5.41, 5.74) is 2.77. The predicted molar refractivity (Wildman–Crippen MR) is 108 cm³/mol. The molecule has 0 N–H and O–H groups in total. The molecule has 1 saturated carbocycles. The second kappa shape index (κ2) is 7.32. The van der Waals surface area contributed by atoms with Crippen LogP contribution in [0.3, 0.4) is 0 Å². The van der Waals surface area contributed by atoms with Gasteiger partial charge in [-0.1, -0.05) is 58.4 Å². The van der Waals surface area contributed by atoms with Crippen LogP contribution in [0.15, 0.2) is 64.6 Å². The maximum absolute atomic E-state index is 12.6. The van der Waals surface area contributed by atoms with Gasteiger partial charge in [0.1, 0.15) is 17.2 Å². The Morgan fingerprint density at radius 3 is 2.33 bits per heavy atom. The van der Waals surface area contributed by atoms with Gasteiger partial charge in [0.25, 0.3) is 0 Å². The van der Waals surface area contributed by atoms with Crippen LogP contribution in [0, 0.1) is 11.3 Å². The lowest BCUT2D eigenvalue weighted by atomic mass is 9.71. The highest BCUT2D eigenvalue weighted by atomic mass is 79.9. The lowest BCUT2D eigenvalue weighted by Crippen LogP contribution is -2.42. The van der Waals surface area contributed by atoms with Crippen molar-refractivity contribution in [3.63, 3.8) is 0 Å². The molecule has 0 saturated heterocycles. The first-order valence-electron chi connectivity index (χ1n) is 9.28. The van der Waals surface area contributed by atoms with Crippen LogP contribution in [0.2, 0.25) is 0 Å². The SMILES string of the molecule is N#CC1=C(c2ccc(Br)cc2)CC2(CCC(c3ccccc3)CC2)OC1=O. The number of esters is 1. The van der Waals surface area contributed by atoms with E-state index in [0.29, 0.717) is 12.3 Å². The van der Waals surface area contributed by atoms with Crippen LogP contribution in [0.4, 0.5) is 0 Å². The van der Waals surface area contributed by atoms with Crippen molar-refractivity contribution >= 4 is 27.5 Å². The third-order valence-electron chi connectivity index (χ3n) is 5.79. The molecule has 1 aliphatic heterocycles. The van der Waals surface area contributed by atoms with Gasteiger partial charge in [-0.25, -0.2) is 4.79 Å². The summed E-state index contributed by atoms with van der Waals surface area (Å²) >= 11 is 3.44. The van der Waals surface area contributed by atoms with Crippen molar-refractivity contribution in [2.45, 2.75) is 43.6 Å². The van der Waals surface area contributed by atoms with Gasteiger partial charge >= 0.3 is 5.97 Å². The molecule has 0 unspecified atom stereocenters. The largest absolute Gasteiger partial charge is 0.455 e. The summed E-state index contributed by atoms with van der Waals surface area (Å²) in [5.74, 6) is 0.0350. The monoisotopic (exact) mass is 421 g/mol. The standard InChI is InChI=1S/C23H20BrNO2/c24-19-8-6-18(7-9-19)20-14-23(27-22(26)21(20)15-25)12-10-17(11-13-23)16-4-2-1-3-5-16/h1-9,17H,10-14H2. The number of benzene rings is 2. The first kappa shape index (κ1) is 18.0. The Hall–Kier alpha value is -2.38. The quantitative estimate of drug-likeness (QED) is 0.578. The Labute approximate surface area is 167 Å². The van der Waals surface area contributed by atoms with Gasteiger partial charge in [-0.15, -0.1) is 0 Å². The Bertz CT molecular complexity index is 917. The third-order valence-corrected chi connectivity index (χ3v) is 6.32. The van der Waals surface area contributed by atoms with Crippen LogP contribution in [0.5, 0.6) is 0 Å². The number of carbonyl (C=O) groups excluding carboxylic acids is 1. The van der Waals surface area contributed by atoms with Crippen molar-refractivity contribution in [1.29, 1.82) is 5.26 Å². The Morgan fingerprint density at radius 1 is 1.04 bits per heavy atom. The van der Waals surface area contributed by atoms with Crippen LogP contribution in [0.1, 0.15) is 49.1 Å². The number of halogens is 1. The summed E-state index contributed by atoms with van der Waals surface area (Å²) < 4.78 is 6.82. The summed E-state index contributed by atoms with van der Waals surface area (Å²) in [4.78, 5) is 12.6. The minimum Gasteiger partial charge on any atom is -0.455 e. The molecule has 1 fully saturated rings. The van der Waals surface area contributed by atoms with Gasteiger partial charge < -0.3 is 4.74 Å². The Morgan fingerprint density at radius 2 is 1.70 bits per heavy atom. The molecular weight excluding hydrogens is 402 g/mol. The van der Waals surface area contributed by atoms with Gasteiger partial charge in [0, 0.05) is 10.9 Å². The maximum Gasteiger partial charge on any atom is 0.349 e. The van der Waals surface area contributed by atoms with Gasteiger partial charge in [0.15, 0.2) is 0 Å². The van der Waals surface area contributed by atoms with Gasteiger partial charge in [-0.2, -0.15) is 5.26 Å². The molecule has 1 spiro atoms. The van der Waals surface area contributed by atoms with E-state index in [-0.39, 0.29) is 5.57 Å². The molecule has 3 nitrogen and oxygen atoms in total. The highest BCUT2D eigenvalue weighted by Crippen LogP contribution is 2.47. The van der Waals surface area contributed by atoms with E-state index in [2.05, 4.69) is 46.3 Å². The second-order valence-corrected chi connectivity index (χ2v) is 8.32. The minimum atomic E-state index is -0.481. The van der Waals surface area contributed by atoms with Crippen molar-refractivity contribution in [2.24, 2.45) is 0 Å². The number of carbonyl (C=O) groups is 1. The molecule has 2 aromatic carbocycles. The lowest BCUT2D eigenvalue weighted by molar-refractivity contribution is -0.159. The van der Waals surface area contributed by atoms with E-state index < -0.39 is 11.6 Å². The highest BCUT2D eigenvalue weighted by Gasteiger charge is 2.44. The molecule has 0 atom stereocenters. The van der Waals surface area contributed by atoms with E-state index in [0.717, 1.165) is 41.3 Å². The average molecular weight is 422 g/mol. The van der Waals surface area contributed by atoms with Crippen LogP contribution < -0.4 is 0 Å². The predicted octanol–water partition coefficient (Wildman–Crippen LogP) is 5.77. The molecule has 1 aliphatic carbocycles. The number of rotatable bonds is 2. The number of ether oxygens (including phenoxy) is 1. The zero-order valence-corrected chi connectivity index (χ0v) is 16.5. The van der Waals surface area contributed by atoms with Crippen LogP contribution in [-0.2, 0) is 9.53 Å². The Kier molecular flexibility index (Phi) is 4.88. The average Bonchev–Trinajstić information content (AvgIpc) is 2.69. The molecule has 2 aliphatic rings. The van der Waals surface area contributed by atoms with Crippen molar-refractivity contribution in [3.8, 4) is 6.07 Å². The van der Waals surface area contributed by atoms with E-state index in [1.165, 1.54) is 5.56 Å². The zero-order chi connectivity index (χ0) is 18.9. The van der Waals surface area contributed by atoms with Gasteiger partial charge in [-0.3, -0.25) is 0 Å². The molecule has 1 heterocycles. The minimum absolute atomic E-state index is 0.146.